The first-order chi connectivity index (χ1) is 7.15. The highest BCUT2D eigenvalue weighted by molar-refractivity contribution is 5.34. The van der Waals surface area contributed by atoms with E-state index in [1.54, 1.807) is 6.92 Å². The predicted molar refractivity (Wildman–Crippen MR) is 60.0 cm³/mol. The van der Waals surface area contributed by atoms with Crippen LogP contribution in [0.1, 0.15) is 32.0 Å². The molecule has 1 aliphatic carbocycles. The summed E-state index contributed by atoms with van der Waals surface area (Å²) in [6, 6.07) is 1.93. The van der Waals surface area contributed by atoms with E-state index >= 15 is 0 Å². The van der Waals surface area contributed by atoms with Crippen molar-refractivity contribution in [2.45, 2.75) is 39.2 Å². The number of hydrogen-bond acceptors (Lipinski definition) is 3. The van der Waals surface area contributed by atoms with Crippen LogP contribution in [-0.2, 0) is 0 Å². The minimum Gasteiger partial charge on any atom is -0.367 e. The quantitative estimate of drug-likeness (QED) is 0.792. The van der Waals surface area contributed by atoms with Crippen molar-refractivity contribution in [1.82, 2.24) is 9.97 Å². The molecular formula is C11H17N3O. The third-order valence-electron chi connectivity index (χ3n) is 3.09. The summed E-state index contributed by atoms with van der Waals surface area (Å²) in [6.07, 6.45) is 3.91. The molecule has 0 spiro atoms. The summed E-state index contributed by atoms with van der Waals surface area (Å²) in [4.78, 5) is 18.1. The van der Waals surface area contributed by atoms with Gasteiger partial charge in [0.1, 0.15) is 11.6 Å². The number of aryl methyl sites for hydroxylation is 1. The van der Waals surface area contributed by atoms with Gasteiger partial charge >= 0.3 is 0 Å². The Labute approximate surface area is 89.1 Å². The molecular weight excluding hydrogens is 190 g/mol. The number of nitrogens with one attached hydrogen (secondary N) is 2. The maximum Gasteiger partial charge on any atom is 0.252 e. The summed E-state index contributed by atoms with van der Waals surface area (Å²) in [5.41, 5.74) is -0.0918. The van der Waals surface area contributed by atoms with E-state index in [-0.39, 0.29) is 5.56 Å². The lowest BCUT2D eigenvalue weighted by molar-refractivity contribution is 0.285. The van der Waals surface area contributed by atoms with E-state index in [0.717, 1.165) is 5.92 Å². The lowest BCUT2D eigenvalue weighted by atomic mass is 9.80. The van der Waals surface area contributed by atoms with Crippen molar-refractivity contribution in [2.75, 3.05) is 5.32 Å². The SMILES string of the molecule is Cc1nc(NC(C)C2CCC2)cc(=O)[nH]1. The summed E-state index contributed by atoms with van der Waals surface area (Å²) in [6.45, 7) is 3.95. The van der Waals surface area contributed by atoms with Crippen LogP contribution in [0.2, 0.25) is 0 Å². The van der Waals surface area contributed by atoms with Crippen molar-refractivity contribution in [1.29, 1.82) is 0 Å². The zero-order valence-electron chi connectivity index (χ0n) is 9.21. The fourth-order valence-electron chi connectivity index (χ4n) is 1.94. The zero-order valence-corrected chi connectivity index (χ0v) is 9.21. The minimum absolute atomic E-state index is 0.0918. The van der Waals surface area contributed by atoms with Crippen LogP contribution in [0.15, 0.2) is 10.9 Å². The van der Waals surface area contributed by atoms with Crippen LogP contribution in [-0.4, -0.2) is 16.0 Å². The summed E-state index contributed by atoms with van der Waals surface area (Å²) >= 11 is 0. The molecule has 0 amide bonds. The van der Waals surface area contributed by atoms with Gasteiger partial charge in [0.05, 0.1) is 0 Å². The largest absolute Gasteiger partial charge is 0.367 e. The highest BCUT2D eigenvalue weighted by Crippen LogP contribution is 2.30. The van der Waals surface area contributed by atoms with Crippen molar-refractivity contribution < 1.29 is 0 Å². The van der Waals surface area contributed by atoms with E-state index in [1.807, 2.05) is 0 Å². The molecule has 0 aliphatic heterocycles. The number of rotatable bonds is 3. The zero-order chi connectivity index (χ0) is 10.8. The van der Waals surface area contributed by atoms with Gasteiger partial charge in [0.15, 0.2) is 0 Å². The topological polar surface area (TPSA) is 57.8 Å². The van der Waals surface area contributed by atoms with Gasteiger partial charge in [-0.25, -0.2) is 4.98 Å². The Morgan fingerprint density at radius 2 is 2.33 bits per heavy atom. The summed E-state index contributed by atoms with van der Waals surface area (Å²) in [5.74, 6) is 2.09. The van der Waals surface area contributed by atoms with Gasteiger partial charge in [-0.2, -0.15) is 0 Å². The highest BCUT2D eigenvalue weighted by Gasteiger charge is 2.23. The average Bonchev–Trinajstić information content (AvgIpc) is 1.96. The minimum atomic E-state index is -0.0918. The van der Waals surface area contributed by atoms with Crippen LogP contribution in [0.5, 0.6) is 0 Å². The Hall–Kier alpha value is -1.32. The molecule has 1 heterocycles. The molecule has 1 fully saturated rings. The van der Waals surface area contributed by atoms with E-state index in [4.69, 9.17) is 0 Å². The molecule has 1 saturated carbocycles. The van der Waals surface area contributed by atoms with Crippen molar-refractivity contribution in [3.8, 4) is 0 Å². The van der Waals surface area contributed by atoms with Crippen LogP contribution >= 0.6 is 0 Å². The predicted octanol–water partition coefficient (Wildman–Crippen LogP) is 1.68. The van der Waals surface area contributed by atoms with Gasteiger partial charge in [0.2, 0.25) is 0 Å². The first-order valence-electron chi connectivity index (χ1n) is 5.49. The Bertz CT molecular complexity index is 395. The fourth-order valence-corrected chi connectivity index (χ4v) is 1.94. The Kier molecular flexibility index (Phi) is 2.75. The number of aromatic amines is 1. The standard InChI is InChI=1S/C11H17N3O/c1-7(9-4-3-5-9)12-10-6-11(15)14-8(2)13-10/h6-7,9H,3-5H2,1-2H3,(H2,12,13,14,15). The van der Waals surface area contributed by atoms with E-state index in [1.165, 1.54) is 25.3 Å². The number of aromatic nitrogens is 2. The maximum atomic E-state index is 11.2. The second kappa shape index (κ2) is 4.04. The molecule has 1 unspecified atom stereocenters. The summed E-state index contributed by atoms with van der Waals surface area (Å²) < 4.78 is 0. The second-order valence-electron chi connectivity index (χ2n) is 4.34. The number of anilines is 1. The van der Waals surface area contributed by atoms with Crippen LogP contribution in [0.4, 0.5) is 5.82 Å². The summed E-state index contributed by atoms with van der Waals surface area (Å²) in [5, 5.41) is 3.29. The first kappa shape index (κ1) is 10.2. The average molecular weight is 207 g/mol. The van der Waals surface area contributed by atoms with E-state index < -0.39 is 0 Å². The molecule has 1 aromatic heterocycles. The fraction of sp³-hybridized carbons (Fsp3) is 0.636. The van der Waals surface area contributed by atoms with Crippen molar-refractivity contribution in [3.63, 3.8) is 0 Å². The Morgan fingerprint density at radius 3 is 2.87 bits per heavy atom. The number of hydrogen-bond donors (Lipinski definition) is 2. The van der Waals surface area contributed by atoms with Crippen LogP contribution < -0.4 is 10.9 Å². The third-order valence-corrected chi connectivity index (χ3v) is 3.09. The van der Waals surface area contributed by atoms with Crippen molar-refractivity contribution >= 4 is 5.82 Å². The van der Waals surface area contributed by atoms with Crippen molar-refractivity contribution in [3.05, 3.63) is 22.2 Å². The molecule has 0 bridgehead atoms. The first-order valence-corrected chi connectivity index (χ1v) is 5.49. The lowest BCUT2D eigenvalue weighted by Crippen LogP contribution is -2.31. The van der Waals surface area contributed by atoms with Crippen LogP contribution in [0.25, 0.3) is 0 Å². The van der Waals surface area contributed by atoms with Crippen LogP contribution in [0.3, 0.4) is 0 Å². The highest BCUT2D eigenvalue weighted by atomic mass is 16.1. The molecule has 4 heteroatoms. The molecule has 82 valence electrons. The van der Waals surface area contributed by atoms with E-state index in [0.29, 0.717) is 17.7 Å². The third kappa shape index (κ3) is 2.37. The van der Waals surface area contributed by atoms with E-state index in [9.17, 15) is 4.79 Å². The van der Waals surface area contributed by atoms with Gasteiger partial charge in [-0.05, 0) is 32.6 Å². The number of nitrogens with zero attached hydrogens (tertiary/aromatic N) is 1. The van der Waals surface area contributed by atoms with Gasteiger partial charge in [-0.15, -0.1) is 0 Å². The van der Waals surface area contributed by atoms with Gasteiger partial charge in [0.25, 0.3) is 5.56 Å². The molecule has 4 nitrogen and oxygen atoms in total. The van der Waals surface area contributed by atoms with Gasteiger partial charge in [-0.1, -0.05) is 6.42 Å². The van der Waals surface area contributed by atoms with E-state index in [2.05, 4.69) is 22.2 Å². The monoisotopic (exact) mass is 207 g/mol. The number of H-pyrrole nitrogens is 1. The maximum absolute atomic E-state index is 11.2. The van der Waals surface area contributed by atoms with Crippen LogP contribution in [0, 0.1) is 12.8 Å². The molecule has 2 N–H and O–H groups in total. The van der Waals surface area contributed by atoms with Gasteiger partial charge < -0.3 is 10.3 Å². The molecule has 2 rings (SSSR count). The molecule has 15 heavy (non-hydrogen) atoms. The van der Waals surface area contributed by atoms with Gasteiger partial charge in [0, 0.05) is 12.1 Å². The molecule has 0 aromatic carbocycles. The van der Waals surface area contributed by atoms with Gasteiger partial charge in [-0.3, -0.25) is 4.79 Å². The Balaban J connectivity index is 2.06. The Morgan fingerprint density at radius 1 is 1.60 bits per heavy atom. The summed E-state index contributed by atoms with van der Waals surface area (Å²) in [7, 11) is 0. The molecule has 1 atom stereocenters. The molecule has 0 saturated heterocycles. The smallest absolute Gasteiger partial charge is 0.252 e. The normalized spacial score (nSPS) is 18.3. The lowest BCUT2D eigenvalue weighted by Gasteiger charge is -2.32. The van der Waals surface area contributed by atoms with Crippen molar-refractivity contribution in [2.24, 2.45) is 5.92 Å². The molecule has 0 radical (unpaired) electrons. The second-order valence-corrected chi connectivity index (χ2v) is 4.34. The molecule has 1 aromatic rings. The molecule has 1 aliphatic rings.